The molecule has 0 aromatic heterocycles. The highest BCUT2D eigenvalue weighted by Gasteiger charge is 2.28. The Kier molecular flexibility index (Phi) is 5.67. The van der Waals surface area contributed by atoms with Gasteiger partial charge in [-0.15, -0.1) is 0 Å². The van der Waals surface area contributed by atoms with Gasteiger partial charge >= 0.3 is 0 Å². The second kappa shape index (κ2) is 7.73. The van der Waals surface area contributed by atoms with Crippen molar-refractivity contribution in [2.45, 2.75) is 25.8 Å². The monoisotopic (exact) mass is 338 g/mol. The van der Waals surface area contributed by atoms with E-state index in [4.69, 9.17) is 21.1 Å². The predicted molar refractivity (Wildman–Crippen MR) is 93.5 cm³/mol. The molecule has 3 rings (SSSR count). The second-order valence-corrected chi connectivity index (χ2v) is 7.02. The van der Waals surface area contributed by atoms with Gasteiger partial charge in [0.2, 0.25) is 0 Å². The van der Waals surface area contributed by atoms with E-state index < -0.39 is 0 Å². The van der Waals surface area contributed by atoms with Crippen LogP contribution < -0.4 is 14.8 Å². The molecule has 0 spiro atoms. The lowest BCUT2D eigenvalue weighted by Crippen LogP contribution is -2.36. The summed E-state index contributed by atoms with van der Waals surface area (Å²) in [5.74, 6) is 3.11. The number of halogens is 1. The van der Waals surface area contributed by atoms with Gasteiger partial charge < -0.3 is 14.8 Å². The van der Waals surface area contributed by atoms with Crippen LogP contribution in [-0.4, -0.2) is 45.3 Å². The number of hydrogen-bond donors (Lipinski definition) is 1. The first kappa shape index (κ1) is 16.9. The third-order valence-electron chi connectivity index (χ3n) is 5.36. The van der Waals surface area contributed by atoms with Gasteiger partial charge in [0, 0.05) is 6.54 Å². The maximum atomic E-state index is 6.50. The Balaban J connectivity index is 1.60. The molecule has 0 radical (unpaired) electrons. The van der Waals surface area contributed by atoms with Crippen LogP contribution in [0, 0.1) is 11.8 Å². The highest BCUT2D eigenvalue weighted by molar-refractivity contribution is 6.33. The van der Waals surface area contributed by atoms with E-state index in [1.165, 1.54) is 32.4 Å². The Morgan fingerprint density at radius 1 is 1.13 bits per heavy atom. The van der Waals surface area contributed by atoms with E-state index in [-0.39, 0.29) is 0 Å². The van der Waals surface area contributed by atoms with Crippen LogP contribution in [0.3, 0.4) is 0 Å². The van der Waals surface area contributed by atoms with Gasteiger partial charge in [0.15, 0.2) is 11.5 Å². The van der Waals surface area contributed by atoms with E-state index in [1.807, 2.05) is 6.07 Å². The van der Waals surface area contributed by atoms with E-state index in [9.17, 15) is 0 Å². The van der Waals surface area contributed by atoms with Crippen molar-refractivity contribution in [3.8, 4) is 11.5 Å². The van der Waals surface area contributed by atoms with Crippen LogP contribution in [0.25, 0.3) is 0 Å². The molecule has 2 heterocycles. The van der Waals surface area contributed by atoms with Crippen molar-refractivity contribution in [1.29, 1.82) is 0 Å². The number of nitrogens with one attached hydrogen (secondary N) is 1. The van der Waals surface area contributed by atoms with Crippen molar-refractivity contribution in [3.63, 3.8) is 0 Å². The molecule has 1 aromatic carbocycles. The number of nitrogens with zero attached hydrogens (tertiary/aromatic N) is 1. The topological polar surface area (TPSA) is 33.7 Å². The van der Waals surface area contributed by atoms with Crippen molar-refractivity contribution in [2.24, 2.45) is 11.8 Å². The molecule has 2 saturated heterocycles. The molecule has 4 nitrogen and oxygen atoms in total. The minimum Gasteiger partial charge on any atom is -0.493 e. The molecule has 2 aliphatic rings. The summed E-state index contributed by atoms with van der Waals surface area (Å²) in [6.45, 7) is 5.62. The van der Waals surface area contributed by atoms with Crippen LogP contribution in [0.1, 0.15) is 24.8 Å². The normalized spacial score (nSPS) is 23.2. The molecule has 0 aliphatic carbocycles. The second-order valence-electron chi connectivity index (χ2n) is 6.64. The number of piperidine rings is 1. The summed E-state index contributed by atoms with van der Waals surface area (Å²) in [7, 11) is 3.27. The highest BCUT2D eigenvalue weighted by atomic mass is 35.5. The summed E-state index contributed by atoms with van der Waals surface area (Å²) in [6.07, 6.45) is 3.96. The summed E-state index contributed by atoms with van der Waals surface area (Å²) in [5, 5.41) is 4.17. The van der Waals surface area contributed by atoms with E-state index >= 15 is 0 Å². The zero-order valence-electron chi connectivity index (χ0n) is 14.1. The molecule has 2 aliphatic heterocycles. The van der Waals surface area contributed by atoms with E-state index in [1.54, 1.807) is 14.2 Å². The van der Waals surface area contributed by atoms with Gasteiger partial charge in [-0.3, -0.25) is 4.90 Å². The molecule has 1 unspecified atom stereocenters. The van der Waals surface area contributed by atoms with Crippen LogP contribution >= 0.6 is 11.6 Å². The summed E-state index contributed by atoms with van der Waals surface area (Å²) in [6, 6.07) is 3.99. The predicted octanol–water partition coefficient (Wildman–Crippen LogP) is 3.18. The van der Waals surface area contributed by atoms with Crippen LogP contribution in [-0.2, 0) is 6.54 Å². The Bertz CT molecular complexity index is 524. The first-order chi connectivity index (χ1) is 11.2. The number of hydrogen-bond acceptors (Lipinski definition) is 4. The van der Waals surface area contributed by atoms with Crippen LogP contribution in [0.4, 0.5) is 0 Å². The van der Waals surface area contributed by atoms with Crippen molar-refractivity contribution in [2.75, 3.05) is 40.4 Å². The number of benzene rings is 1. The standard InChI is InChI=1S/C18H27ClN2O2/c1-22-16-4-3-15(17(19)18(16)23-2)12-21-9-6-13(7-10-21)14-5-8-20-11-14/h3-4,13-14,20H,5-12H2,1-2H3. The molecule has 1 aromatic rings. The Morgan fingerprint density at radius 3 is 2.52 bits per heavy atom. The summed E-state index contributed by atoms with van der Waals surface area (Å²) < 4.78 is 10.7. The number of methoxy groups -OCH3 is 2. The van der Waals surface area contributed by atoms with Crippen LogP contribution in [0.2, 0.25) is 5.02 Å². The van der Waals surface area contributed by atoms with Gasteiger partial charge in [-0.2, -0.15) is 0 Å². The molecule has 0 bridgehead atoms. The minimum absolute atomic E-state index is 0.638. The lowest BCUT2D eigenvalue weighted by Gasteiger charge is -2.34. The average molecular weight is 339 g/mol. The fourth-order valence-electron chi connectivity index (χ4n) is 3.95. The quantitative estimate of drug-likeness (QED) is 0.894. The molecule has 1 atom stereocenters. The summed E-state index contributed by atoms with van der Waals surface area (Å²) in [4.78, 5) is 2.51. The Labute approximate surface area is 144 Å². The average Bonchev–Trinajstić information content (AvgIpc) is 3.11. The smallest absolute Gasteiger partial charge is 0.179 e. The van der Waals surface area contributed by atoms with Crippen molar-refractivity contribution in [3.05, 3.63) is 22.7 Å². The largest absolute Gasteiger partial charge is 0.493 e. The van der Waals surface area contributed by atoms with Crippen LogP contribution in [0.15, 0.2) is 12.1 Å². The highest BCUT2D eigenvalue weighted by Crippen LogP contribution is 2.38. The molecular weight excluding hydrogens is 312 g/mol. The third-order valence-corrected chi connectivity index (χ3v) is 5.77. The fraction of sp³-hybridized carbons (Fsp3) is 0.667. The Morgan fingerprint density at radius 2 is 1.91 bits per heavy atom. The molecule has 0 saturated carbocycles. The van der Waals surface area contributed by atoms with Crippen molar-refractivity contribution < 1.29 is 9.47 Å². The number of rotatable bonds is 5. The maximum absolute atomic E-state index is 6.50. The fourth-order valence-corrected chi connectivity index (χ4v) is 4.25. The zero-order valence-corrected chi connectivity index (χ0v) is 14.9. The molecular formula is C18H27ClN2O2. The van der Waals surface area contributed by atoms with Crippen molar-refractivity contribution >= 4 is 11.6 Å². The van der Waals surface area contributed by atoms with E-state index in [0.29, 0.717) is 16.5 Å². The lowest BCUT2D eigenvalue weighted by molar-refractivity contribution is 0.146. The van der Waals surface area contributed by atoms with E-state index in [0.717, 1.165) is 37.0 Å². The van der Waals surface area contributed by atoms with Gasteiger partial charge in [-0.1, -0.05) is 17.7 Å². The summed E-state index contributed by atoms with van der Waals surface area (Å²) in [5.41, 5.74) is 1.12. The third kappa shape index (κ3) is 3.76. The molecule has 23 heavy (non-hydrogen) atoms. The summed E-state index contributed by atoms with van der Waals surface area (Å²) >= 11 is 6.50. The zero-order chi connectivity index (χ0) is 16.2. The maximum Gasteiger partial charge on any atom is 0.179 e. The molecule has 128 valence electrons. The number of likely N-dealkylation sites (tertiary alicyclic amines) is 1. The number of ether oxygens (including phenoxy) is 2. The minimum atomic E-state index is 0.638. The lowest BCUT2D eigenvalue weighted by atomic mass is 9.84. The van der Waals surface area contributed by atoms with Gasteiger partial charge in [-0.25, -0.2) is 0 Å². The first-order valence-electron chi connectivity index (χ1n) is 8.55. The van der Waals surface area contributed by atoms with Crippen molar-refractivity contribution in [1.82, 2.24) is 10.2 Å². The molecule has 2 fully saturated rings. The molecule has 1 N–H and O–H groups in total. The molecule has 5 heteroatoms. The molecule has 0 amide bonds. The van der Waals surface area contributed by atoms with Gasteiger partial charge in [-0.05, 0) is 68.9 Å². The SMILES string of the molecule is COc1ccc(CN2CCC(C3CCNC3)CC2)c(Cl)c1OC. The Hall–Kier alpha value is -0.970. The van der Waals surface area contributed by atoms with Gasteiger partial charge in [0.25, 0.3) is 0 Å². The van der Waals surface area contributed by atoms with E-state index in [2.05, 4.69) is 16.3 Å². The van der Waals surface area contributed by atoms with Gasteiger partial charge in [0.05, 0.1) is 19.2 Å². The van der Waals surface area contributed by atoms with Crippen LogP contribution in [0.5, 0.6) is 11.5 Å². The first-order valence-corrected chi connectivity index (χ1v) is 8.93. The van der Waals surface area contributed by atoms with Gasteiger partial charge in [0.1, 0.15) is 0 Å².